The van der Waals surface area contributed by atoms with Crippen molar-refractivity contribution in [3.05, 3.63) is 59.7 Å². The predicted molar refractivity (Wildman–Crippen MR) is 104 cm³/mol. The second-order valence-corrected chi connectivity index (χ2v) is 5.91. The third-order valence-electron chi connectivity index (χ3n) is 3.89. The Bertz CT molecular complexity index is 762. The minimum atomic E-state index is -0.280. The van der Waals surface area contributed by atoms with E-state index in [9.17, 15) is 9.59 Å². The number of rotatable bonds is 9. The number of carbonyl (C=O) groups is 2. The Morgan fingerprint density at radius 1 is 0.963 bits per heavy atom. The fourth-order valence-electron chi connectivity index (χ4n) is 2.57. The lowest BCUT2D eigenvalue weighted by Crippen LogP contribution is -2.38. The highest BCUT2D eigenvalue weighted by Gasteiger charge is 2.14. The maximum Gasteiger partial charge on any atom is 0.251 e. The van der Waals surface area contributed by atoms with Gasteiger partial charge in [-0.25, -0.2) is 0 Å². The highest BCUT2D eigenvalue weighted by atomic mass is 16.5. The summed E-state index contributed by atoms with van der Waals surface area (Å²) in [6.45, 7) is 6.68. The molecule has 1 atom stereocenters. The Labute approximate surface area is 159 Å². The summed E-state index contributed by atoms with van der Waals surface area (Å²) in [7, 11) is 0. The van der Waals surface area contributed by atoms with E-state index in [2.05, 4.69) is 10.6 Å². The van der Waals surface area contributed by atoms with E-state index in [1.807, 2.05) is 45.0 Å². The van der Waals surface area contributed by atoms with E-state index in [1.165, 1.54) is 0 Å². The highest BCUT2D eigenvalue weighted by Crippen LogP contribution is 2.30. The second-order valence-electron chi connectivity index (χ2n) is 5.91. The van der Waals surface area contributed by atoms with Crippen molar-refractivity contribution in [1.82, 2.24) is 10.6 Å². The van der Waals surface area contributed by atoms with Crippen LogP contribution in [0.4, 0.5) is 0 Å². The molecule has 27 heavy (non-hydrogen) atoms. The van der Waals surface area contributed by atoms with E-state index in [4.69, 9.17) is 9.47 Å². The molecule has 0 saturated carbocycles. The number of benzene rings is 2. The van der Waals surface area contributed by atoms with Crippen molar-refractivity contribution in [3.8, 4) is 11.5 Å². The lowest BCUT2D eigenvalue weighted by atomic mass is 10.1. The molecule has 144 valence electrons. The van der Waals surface area contributed by atoms with Gasteiger partial charge in [-0.05, 0) is 50.6 Å². The van der Waals surface area contributed by atoms with Gasteiger partial charge >= 0.3 is 0 Å². The molecule has 0 radical (unpaired) electrons. The quantitative estimate of drug-likeness (QED) is 0.711. The maximum atomic E-state index is 12.2. The fourth-order valence-corrected chi connectivity index (χ4v) is 2.57. The van der Waals surface area contributed by atoms with Crippen LogP contribution in [0.2, 0.25) is 0 Å². The van der Waals surface area contributed by atoms with Crippen molar-refractivity contribution in [2.75, 3.05) is 19.8 Å². The van der Waals surface area contributed by atoms with E-state index in [1.54, 1.807) is 24.3 Å². The number of carbonyl (C=O) groups excluding carboxylic acids is 2. The van der Waals surface area contributed by atoms with Crippen LogP contribution in [-0.4, -0.2) is 31.6 Å². The monoisotopic (exact) mass is 370 g/mol. The minimum absolute atomic E-state index is 0.0899. The lowest BCUT2D eigenvalue weighted by molar-refractivity contribution is -0.120. The molecule has 0 unspecified atom stereocenters. The molecule has 6 heteroatoms. The molecule has 0 heterocycles. The van der Waals surface area contributed by atoms with Crippen LogP contribution in [0.25, 0.3) is 0 Å². The average Bonchev–Trinajstić information content (AvgIpc) is 2.68. The third kappa shape index (κ3) is 6.02. The Balaban J connectivity index is 1.93. The first-order valence-electron chi connectivity index (χ1n) is 9.07. The van der Waals surface area contributed by atoms with Crippen LogP contribution >= 0.6 is 0 Å². The van der Waals surface area contributed by atoms with Gasteiger partial charge in [0, 0.05) is 5.56 Å². The number of hydrogen-bond donors (Lipinski definition) is 2. The number of hydrogen-bond acceptors (Lipinski definition) is 4. The van der Waals surface area contributed by atoms with Gasteiger partial charge in [-0.3, -0.25) is 9.59 Å². The zero-order valence-electron chi connectivity index (χ0n) is 16.0. The molecular formula is C21H26N2O4. The number of nitrogens with one attached hydrogen (secondary N) is 2. The van der Waals surface area contributed by atoms with Crippen LogP contribution in [0.1, 0.15) is 42.7 Å². The molecule has 0 fully saturated rings. The standard InChI is InChI=1S/C21H26N2O4/c1-4-26-18-12-11-17(13-19(18)27-5-2)15(3)23-20(24)14-22-21(25)16-9-7-6-8-10-16/h6-13,15H,4-5,14H2,1-3H3,(H,22,25)(H,23,24)/t15-/m1/s1. The number of amides is 2. The summed E-state index contributed by atoms with van der Waals surface area (Å²) in [5.74, 6) is 0.781. The molecule has 0 bridgehead atoms. The first-order chi connectivity index (χ1) is 13.0. The van der Waals surface area contributed by atoms with E-state index in [0.717, 1.165) is 5.56 Å². The van der Waals surface area contributed by atoms with Gasteiger partial charge in [-0.1, -0.05) is 24.3 Å². The van der Waals surface area contributed by atoms with Gasteiger partial charge in [0.1, 0.15) is 0 Å². The van der Waals surface area contributed by atoms with Crippen molar-refractivity contribution >= 4 is 11.8 Å². The molecule has 2 N–H and O–H groups in total. The van der Waals surface area contributed by atoms with Gasteiger partial charge in [0.2, 0.25) is 5.91 Å². The molecule has 0 spiro atoms. The predicted octanol–water partition coefficient (Wildman–Crippen LogP) is 3.09. The summed E-state index contributed by atoms with van der Waals surface area (Å²) >= 11 is 0. The van der Waals surface area contributed by atoms with Crippen molar-refractivity contribution in [1.29, 1.82) is 0 Å². The average molecular weight is 370 g/mol. The van der Waals surface area contributed by atoms with E-state index < -0.39 is 0 Å². The van der Waals surface area contributed by atoms with Crippen molar-refractivity contribution in [2.24, 2.45) is 0 Å². The summed E-state index contributed by atoms with van der Waals surface area (Å²) in [5.41, 5.74) is 1.41. The first kappa shape index (κ1) is 20.3. The summed E-state index contributed by atoms with van der Waals surface area (Å²) in [6.07, 6.45) is 0. The van der Waals surface area contributed by atoms with Crippen molar-refractivity contribution < 1.29 is 19.1 Å². The summed E-state index contributed by atoms with van der Waals surface area (Å²) in [5, 5.41) is 5.49. The first-order valence-corrected chi connectivity index (χ1v) is 9.07. The second kappa shape index (κ2) is 10.2. The molecule has 0 aliphatic carbocycles. The Hall–Kier alpha value is -3.02. The van der Waals surface area contributed by atoms with Gasteiger partial charge in [0.15, 0.2) is 11.5 Å². The fraction of sp³-hybridized carbons (Fsp3) is 0.333. The molecule has 2 amide bonds. The summed E-state index contributed by atoms with van der Waals surface area (Å²) in [4.78, 5) is 24.2. The Kier molecular flexibility index (Phi) is 7.67. The van der Waals surface area contributed by atoms with Gasteiger partial charge in [-0.2, -0.15) is 0 Å². The molecule has 0 aliphatic heterocycles. The van der Waals surface area contributed by atoms with Crippen LogP contribution in [0.15, 0.2) is 48.5 Å². The van der Waals surface area contributed by atoms with E-state index >= 15 is 0 Å². The summed E-state index contributed by atoms with van der Waals surface area (Å²) < 4.78 is 11.2. The van der Waals surface area contributed by atoms with Gasteiger partial charge < -0.3 is 20.1 Å². The van der Waals surface area contributed by atoms with Crippen LogP contribution in [0.3, 0.4) is 0 Å². The zero-order valence-corrected chi connectivity index (χ0v) is 16.0. The topological polar surface area (TPSA) is 76.7 Å². The van der Waals surface area contributed by atoms with Crippen LogP contribution in [0.5, 0.6) is 11.5 Å². The lowest BCUT2D eigenvalue weighted by Gasteiger charge is -2.17. The van der Waals surface area contributed by atoms with Crippen LogP contribution in [-0.2, 0) is 4.79 Å². The van der Waals surface area contributed by atoms with Crippen LogP contribution < -0.4 is 20.1 Å². The van der Waals surface area contributed by atoms with E-state index in [0.29, 0.717) is 30.3 Å². The van der Waals surface area contributed by atoms with Crippen molar-refractivity contribution in [2.45, 2.75) is 26.8 Å². The number of ether oxygens (including phenoxy) is 2. The molecule has 0 aromatic heterocycles. The largest absolute Gasteiger partial charge is 0.490 e. The molecular weight excluding hydrogens is 344 g/mol. The Morgan fingerprint density at radius 2 is 1.63 bits per heavy atom. The van der Waals surface area contributed by atoms with Gasteiger partial charge in [-0.15, -0.1) is 0 Å². The molecule has 0 saturated heterocycles. The van der Waals surface area contributed by atoms with Gasteiger partial charge in [0.05, 0.1) is 25.8 Å². The van der Waals surface area contributed by atoms with Gasteiger partial charge in [0.25, 0.3) is 5.91 Å². The smallest absolute Gasteiger partial charge is 0.251 e. The highest BCUT2D eigenvalue weighted by molar-refractivity contribution is 5.96. The third-order valence-corrected chi connectivity index (χ3v) is 3.89. The van der Waals surface area contributed by atoms with Crippen LogP contribution in [0, 0.1) is 0 Å². The van der Waals surface area contributed by atoms with Crippen molar-refractivity contribution in [3.63, 3.8) is 0 Å². The maximum absolute atomic E-state index is 12.2. The van der Waals surface area contributed by atoms with E-state index in [-0.39, 0.29) is 24.4 Å². The SMILES string of the molecule is CCOc1ccc([C@@H](C)NC(=O)CNC(=O)c2ccccc2)cc1OCC. The molecule has 0 aliphatic rings. The molecule has 6 nitrogen and oxygen atoms in total. The molecule has 2 aromatic carbocycles. The normalized spacial score (nSPS) is 11.4. The minimum Gasteiger partial charge on any atom is -0.490 e. The Morgan fingerprint density at radius 3 is 2.30 bits per heavy atom. The molecule has 2 aromatic rings. The zero-order chi connectivity index (χ0) is 19.6. The summed E-state index contributed by atoms with van der Waals surface area (Å²) in [6, 6.07) is 14.1. The molecule has 2 rings (SSSR count).